The fourth-order valence-electron chi connectivity index (χ4n) is 4.20. The number of amides is 3. The first-order valence-corrected chi connectivity index (χ1v) is 12.8. The molecule has 4 N–H and O–H groups in total. The van der Waals surface area contributed by atoms with Crippen LogP contribution in [0.1, 0.15) is 45.6 Å². The number of anilines is 1. The Kier molecular flexibility index (Phi) is 10.1. The molecule has 0 aliphatic heterocycles. The van der Waals surface area contributed by atoms with Crippen LogP contribution in [0.15, 0.2) is 79.1 Å². The number of hydrogen-bond donors (Lipinski definition) is 4. The van der Waals surface area contributed by atoms with Gasteiger partial charge in [0, 0.05) is 18.1 Å². The maximum Gasteiger partial charge on any atom is 0.255 e. The van der Waals surface area contributed by atoms with E-state index in [0.717, 1.165) is 29.5 Å². The van der Waals surface area contributed by atoms with Crippen LogP contribution in [0.25, 0.3) is 11.1 Å². The first-order valence-electron chi connectivity index (χ1n) is 12.8. The van der Waals surface area contributed by atoms with Gasteiger partial charge < -0.3 is 10.6 Å². The van der Waals surface area contributed by atoms with Crippen molar-refractivity contribution in [3.05, 3.63) is 84.7 Å². The monoisotopic (exact) mass is 516 g/mol. The summed E-state index contributed by atoms with van der Waals surface area (Å²) >= 11 is 0. The molecule has 8 nitrogen and oxygen atoms in total. The number of nitrogens with one attached hydrogen (secondary N) is 3. The fraction of sp³-hybridized carbons (Fsp3) is 0.333. The lowest BCUT2D eigenvalue weighted by molar-refractivity contribution is -0.142. The summed E-state index contributed by atoms with van der Waals surface area (Å²) in [4.78, 5) is 42.4. The van der Waals surface area contributed by atoms with Gasteiger partial charge >= 0.3 is 0 Å². The van der Waals surface area contributed by atoms with Gasteiger partial charge in [0.15, 0.2) is 0 Å². The number of carbonyl (C=O) groups is 3. The average molecular weight is 517 g/mol. The lowest BCUT2D eigenvalue weighted by Crippen LogP contribution is -2.54. The number of aromatic nitrogens is 1. The van der Waals surface area contributed by atoms with Crippen LogP contribution in [-0.4, -0.2) is 34.0 Å². The average Bonchev–Trinajstić information content (AvgIpc) is 2.92. The lowest BCUT2D eigenvalue weighted by atomic mass is 9.85. The molecule has 0 aliphatic carbocycles. The maximum atomic E-state index is 13.1. The second-order valence-corrected chi connectivity index (χ2v) is 10.4. The highest BCUT2D eigenvalue weighted by atomic mass is 16.5. The molecule has 0 saturated carbocycles. The molecule has 38 heavy (non-hydrogen) atoms. The summed E-state index contributed by atoms with van der Waals surface area (Å²) in [5.41, 5.74) is 4.99. The standard InChI is InChI=1S/C30H36N4O4/c1-30(2,3)26(29(37)32-24-17-19-31-20-18-24)33-27(35)25(28(36)34-38)12-8-7-9-21-13-15-23(16-14-21)22-10-5-4-6-11-22/h4-6,10-11,13-20,25-26,38H,7-9,12H2,1-3H3,(H,33,35)(H,34,36)(H,31,32,37). The number of nitrogens with zero attached hydrogens (tertiary/aromatic N) is 1. The molecule has 3 rings (SSSR count). The van der Waals surface area contributed by atoms with Gasteiger partial charge in [0.2, 0.25) is 11.8 Å². The van der Waals surface area contributed by atoms with E-state index in [9.17, 15) is 19.6 Å². The molecular weight excluding hydrogens is 480 g/mol. The summed E-state index contributed by atoms with van der Waals surface area (Å²) in [6, 6.07) is 20.9. The summed E-state index contributed by atoms with van der Waals surface area (Å²) in [7, 11) is 0. The van der Waals surface area contributed by atoms with Crippen LogP contribution in [0.3, 0.4) is 0 Å². The van der Waals surface area contributed by atoms with Crippen molar-refractivity contribution in [3.63, 3.8) is 0 Å². The third-order valence-electron chi connectivity index (χ3n) is 6.38. The highest BCUT2D eigenvalue weighted by molar-refractivity contribution is 6.03. The molecule has 8 heteroatoms. The number of unbranched alkanes of at least 4 members (excludes halogenated alkanes) is 1. The number of pyridine rings is 1. The number of carbonyl (C=O) groups excluding carboxylic acids is 3. The zero-order chi connectivity index (χ0) is 27.5. The smallest absolute Gasteiger partial charge is 0.255 e. The van der Waals surface area contributed by atoms with Crippen molar-refractivity contribution in [2.24, 2.45) is 11.3 Å². The second-order valence-electron chi connectivity index (χ2n) is 10.4. The van der Waals surface area contributed by atoms with Crippen LogP contribution >= 0.6 is 0 Å². The van der Waals surface area contributed by atoms with Crippen molar-refractivity contribution < 1.29 is 19.6 Å². The Morgan fingerprint density at radius 2 is 1.45 bits per heavy atom. The second kappa shape index (κ2) is 13.5. The van der Waals surface area contributed by atoms with Crippen LogP contribution < -0.4 is 16.1 Å². The summed E-state index contributed by atoms with van der Waals surface area (Å²) in [6.07, 6.45) is 5.50. The molecule has 0 saturated heterocycles. The Labute approximate surface area is 223 Å². The van der Waals surface area contributed by atoms with Crippen molar-refractivity contribution in [1.29, 1.82) is 0 Å². The Morgan fingerprint density at radius 3 is 2.05 bits per heavy atom. The highest BCUT2D eigenvalue weighted by Crippen LogP contribution is 2.23. The normalized spacial score (nSPS) is 12.7. The van der Waals surface area contributed by atoms with E-state index in [-0.39, 0.29) is 6.42 Å². The van der Waals surface area contributed by atoms with E-state index < -0.39 is 35.1 Å². The van der Waals surface area contributed by atoms with Gasteiger partial charge in [-0.15, -0.1) is 0 Å². The van der Waals surface area contributed by atoms with Crippen molar-refractivity contribution in [3.8, 4) is 11.1 Å². The van der Waals surface area contributed by atoms with Gasteiger partial charge in [-0.3, -0.25) is 24.6 Å². The van der Waals surface area contributed by atoms with E-state index in [2.05, 4.69) is 52.0 Å². The molecule has 0 bridgehead atoms. The van der Waals surface area contributed by atoms with E-state index in [0.29, 0.717) is 12.1 Å². The van der Waals surface area contributed by atoms with Crippen molar-refractivity contribution in [2.75, 3.05) is 5.32 Å². The van der Waals surface area contributed by atoms with Gasteiger partial charge in [-0.25, -0.2) is 5.48 Å². The van der Waals surface area contributed by atoms with Gasteiger partial charge in [0.05, 0.1) is 0 Å². The van der Waals surface area contributed by atoms with Crippen molar-refractivity contribution in [1.82, 2.24) is 15.8 Å². The lowest BCUT2D eigenvalue weighted by Gasteiger charge is -2.31. The molecule has 3 aromatic rings. The number of hydrogen-bond acceptors (Lipinski definition) is 5. The summed E-state index contributed by atoms with van der Waals surface area (Å²) in [5.74, 6) is -2.93. The van der Waals surface area contributed by atoms with Crippen molar-refractivity contribution in [2.45, 2.75) is 52.5 Å². The van der Waals surface area contributed by atoms with E-state index >= 15 is 0 Å². The summed E-state index contributed by atoms with van der Waals surface area (Å²) in [6.45, 7) is 5.48. The number of benzene rings is 2. The molecule has 0 radical (unpaired) electrons. The Balaban J connectivity index is 1.57. The van der Waals surface area contributed by atoms with Gasteiger partial charge in [-0.2, -0.15) is 0 Å². The molecule has 1 aromatic heterocycles. The van der Waals surface area contributed by atoms with E-state index in [1.54, 1.807) is 30.0 Å². The minimum Gasteiger partial charge on any atom is -0.343 e. The first kappa shape index (κ1) is 28.5. The summed E-state index contributed by atoms with van der Waals surface area (Å²) < 4.78 is 0. The molecular formula is C30H36N4O4. The zero-order valence-electron chi connectivity index (χ0n) is 22.1. The Bertz CT molecular complexity index is 1190. The topological polar surface area (TPSA) is 120 Å². The number of aryl methyl sites for hydroxylation is 1. The summed E-state index contributed by atoms with van der Waals surface area (Å²) in [5, 5.41) is 14.8. The molecule has 1 heterocycles. The molecule has 200 valence electrons. The quantitative estimate of drug-likeness (QED) is 0.127. The molecule has 2 unspecified atom stereocenters. The highest BCUT2D eigenvalue weighted by Gasteiger charge is 2.36. The van der Waals surface area contributed by atoms with Crippen LogP contribution in [0, 0.1) is 11.3 Å². The van der Waals surface area contributed by atoms with Crippen molar-refractivity contribution >= 4 is 23.4 Å². The number of hydroxylamine groups is 1. The van der Waals surface area contributed by atoms with Gasteiger partial charge in [-0.05, 0) is 53.5 Å². The van der Waals surface area contributed by atoms with Crippen LogP contribution in [-0.2, 0) is 20.8 Å². The fourth-order valence-corrected chi connectivity index (χ4v) is 4.20. The third kappa shape index (κ3) is 8.24. The minimum absolute atomic E-state index is 0.239. The molecule has 2 atom stereocenters. The van der Waals surface area contributed by atoms with E-state index in [1.807, 2.05) is 39.0 Å². The largest absolute Gasteiger partial charge is 0.343 e. The maximum absolute atomic E-state index is 13.1. The SMILES string of the molecule is CC(C)(C)C(NC(=O)C(CCCCc1ccc(-c2ccccc2)cc1)C(=O)NO)C(=O)Nc1ccncc1. The van der Waals surface area contributed by atoms with Crippen LogP contribution in [0.4, 0.5) is 5.69 Å². The molecule has 0 aliphatic rings. The Hall–Kier alpha value is -4.04. The minimum atomic E-state index is -1.13. The predicted octanol–water partition coefficient (Wildman–Crippen LogP) is 4.75. The first-order chi connectivity index (χ1) is 18.2. The van der Waals surface area contributed by atoms with Gasteiger partial charge in [0.1, 0.15) is 12.0 Å². The third-order valence-corrected chi connectivity index (χ3v) is 6.38. The number of rotatable bonds is 11. The zero-order valence-corrected chi connectivity index (χ0v) is 22.1. The van der Waals surface area contributed by atoms with Gasteiger partial charge in [-0.1, -0.05) is 81.8 Å². The van der Waals surface area contributed by atoms with E-state index in [4.69, 9.17) is 0 Å². The van der Waals surface area contributed by atoms with Crippen LogP contribution in [0.2, 0.25) is 0 Å². The van der Waals surface area contributed by atoms with Gasteiger partial charge in [0.25, 0.3) is 5.91 Å². The molecule has 0 spiro atoms. The molecule has 0 fully saturated rings. The predicted molar refractivity (Wildman–Crippen MR) is 147 cm³/mol. The molecule has 2 aromatic carbocycles. The molecule has 3 amide bonds. The van der Waals surface area contributed by atoms with Crippen LogP contribution in [0.5, 0.6) is 0 Å². The Morgan fingerprint density at radius 1 is 0.816 bits per heavy atom. The van der Waals surface area contributed by atoms with E-state index in [1.165, 1.54) is 0 Å².